The molecule has 39 heavy (non-hydrogen) atoms. The second-order valence-corrected chi connectivity index (χ2v) is 8.81. The first-order valence-electron chi connectivity index (χ1n) is 11.7. The van der Waals surface area contributed by atoms with Gasteiger partial charge in [0.2, 0.25) is 5.91 Å². The molecule has 0 spiro atoms. The van der Waals surface area contributed by atoms with Gasteiger partial charge in [0.25, 0.3) is 0 Å². The summed E-state index contributed by atoms with van der Waals surface area (Å²) in [5, 5.41) is 2.32. The Hall–Kier alpha value is -3.27. The van der Waals surface area contributed by atoms with Gasteiger partial charge in [-0.15, -0.1) is 0 Å². The van der Waals surface area contributed by atoms with E-state index in [-0.39, 0.29) is 11.9 Å². The smallest absolute Gasteiger partial charge is 0.379 e. The normalized spacial score (nSPS) is 23.7. The molecule has 6 atom stereocenters. The van der Waals surface area contributed by atoms with Crippen molar-refractivity contribution in [3.63, 3.8) is 0 Å². The number of rotatable bonds is 12. The molecule has 0 aromatic rings. The van der Waals surface area contributed by atoms with E-state index < -0.39 is 91.0 Å². The summed E-state index contributed by atoms with van der Waals surface area (Å²) in [6.07, 6.45) is -7.05. The molecule has 1 N–H and O–H groups in total. The van der Waals surface area contributed by atoms with E-state index in [1.807, 2.05) is 0 Å². The van der Waals surface area contributed by atoms with E-state index in [9.17, 15) is 33.6 Å². The Morgan fingerprint density at radius 2 is 1.51 bits per heavy atom. The lowest BCUT2D eigenvalue weighted by molar-refractivity contribution is -0.304. The van der Waals surface area contributed by atoms with Crippen LogP contribution in [0.3, 0.4) is 0 Å². The van der Waals surface area contributed by atoms with Crippen LogP contribution in [0.5, 0.6) is 0 Å². The summed E-state index contributed by atoms with van der Waals surface area (Å²) in [6.45, 7) is 5.79. The number of nitrogens with one attached hydrogen (secondary N) is 1. The molecule has 0 aliphatic carbocycles. The Kier molecular flexibility index (Phi) is 13.3. The molecule has 1 aliphatic heterocycles. The average Bonchev–Trinajstić information content (AvgIpc) is 2.80. The monoisotopic (exact) mass is 625 g/mol. The van der Waals surface area contributed by atoms with Crippen LogP contribution in [0.2, 0.25) is 0 Å². The fourth-order valence-corrected chi connectivity index (χ4v) is 3.97. The van der Waals surface area contributed by atoms with Crippen LogP contribution in [0, 0.1) is 0 Å². The first kappa shape index (κ1) is 33.8. The summed E-state index contributed by atoms with van der Waals surface area (Å²) in [7, 11) is 0. The molecule has 1 amide bonds. The zero-order valence-corrected chi connectivity index (χ0v) is 23.9. The van der Waals surface area contributed by atoms with Crippen molar-refractivity contribution in [1.29, 1.82) is 0 Å². The third kappa shape index (κ3) is 10.4. The van der Waals surface area contributed by atoms with Crippen molar-refractivity contribution in [2.24, 2.45) is 0 Å². The molecular weight excluding hydrogens is 594 g/mol. The van der Waals surface area contributed by atoms with Gasteiger partial charge in [-0.1, -0.05) is 15.9 Å². The lowest BCUT2D eigenvalue weighted by Gasteiger charge is -2.48. The lowest BCUT2D eigenvalue weighted by Crippen LogP contribution is -2.69. The molecule has 16 heteroatoms. The van der Waals surface area contributed by atoms with Crippen LogP contribution < -0.4 is 5.32 Å². The van der Waals surface area contributed by atoms with Crippen molar-refractivity contribution >= 4 is 57.7 Å². The summed E-state index contributed by atoms with van der Waals surface area (Å²) in [5.74, 6) is -8.83. The zero-order valence-electron chi connectivity index (χ0n) is 22.3. The Morgan fingerprint density at radius 1 is 0.897 bits per heavy atom. The fraction of sp³-hybridized carbons (Fsp3) is 0.696. The van der Waals surface area contributed by atoms with E-state index in [1.165, 1.54) is 6.92 Å². The Labute approximate surface area is 232 Å². The molecule has 1 saturated heterocycles. The molecule has 1 heterocycles. The van der Waals surface area contributed by atoms with Gasteiger partial charge in [-0.05, 0) is 6.92 Å². The van der Waals surface area contributed by atoms with Crippen LogP contribution >= 0.6 is 15.9 Å². The van der Waals surface area contributed by atoms with Gasteiger partial charge in [0, 0.05) is 34.6 Å². The molecule has 1 fully saturated rings. The number of carbonyl (C=O) groups is 7. The van der Waals surface area contributed by atoms with Gasteiger partial charge in [-0.25, -0.2) is 4.79 Å². The SMILES string of the molecule is CCOC(=O)C1(OC(C)=O)C[C@H](OC(C)=O)[C@@H](NC(=O)CBr)[C@H]([C@H](OC(C)=O)[C@@H](COC(C)=O)OC(C)=O)O1. The highest BCUT2D eigenvalue weighted by Crippen LogP contribution is 2.37. The van der Waals surface area contributed by atoms with E-state index in [2.05, 4.69) is 21.2 Å². The maximum atomic E-state index is 13.1. The Balaban J connectivity index is 3.88. The highest BCUT2D eigenvalue weighted by Gasteiger charge is 2.60. The molecular formula is C23H32BrNO14. The fourth-order valence-electron chi connectivity index (χ4n) is 3.81. The highest BCUT2D eigenvalue weighted by molar-refractivity contribution is 9.09. The van der Waals surface area contributed by atoms with Crippen molar-refractivity contribution in [3.8, 4) is 0 Å². The van der Waals surface area contributed by atoms with Gasteiger partial charge in [-0.3, -0.25) is 28.8 Å². The number of amides is 1. The molecule has 1 rings (SSSR count). The first-order valence-corrected chi connectivity index (χ1v) is 12.8. The molecule has 0 radical (unpaired) electrons. The molecule has 0 aromatic heterocycles. The molecule has 0 saturated carbocycles. The van der Waals surface area contributed by atoms with Crippen molar-refractivity contribution in [3.05, 3.63) is 0 Å². The number of halogens is 1. The molecule has 0 bridgehead atoms. The van der Waals surface area contributed by atoms with E-state index in [4.69, 9.17) is 33.2 Å². The van der Waals surface area contributed by atoms with Gasteiger partial charge >= 0.3 is 41.6 Å². The van der Waals surface area contributed by atoms with Gasteiger partial charge < -0.3 is 38.5 Å². The van der Waals surface area contributed by atoms with Crippen molar-refractivity contribution in [2.45, 2.75) is 84.2 Å². The minimum Gasteiger partial charge on any atom is -0.462 e. The van der Waals surface area contributed by atoms with E-state index in [0.717, 1.165) is 34.6 Å². The second kappa shape index (κ2) is 15.4. The summed E-state index contributed by atoms with van der Waals surface area (Å²) in [5.41, 5.74) is 0. The van der Waals surface area contributed by atoms with Crippen LogP contribution in [-0.4, -0.2) is 96.5 Å². The van der Waals surface area contributed by atoms with E-state index in [0.29, 0.717) is 0 Å². The number of carbonyl (C=O) groups excluding carboxylic acids is 7. The standard InChI is InChI=1S/C23H32BrNO14/c1-7-33-22(32)23(38-15(6)30)8-16(35-12(3)27)19(25-18(31)9-24)21(39-23)20(37-14(5)29)17(36-13(4)28)10-34-11(2)26/h16-17,19-21H,7-10H2,1-6H3,(H,25,31)/t16-,17+,19+,20+,21+,23?/m0/s1. The predicted molar refractivity (Wildman–Crippen MR) is 130 cm³/mol. The van der Waals surface area contributed by atoms with Crippen molar-refractivity contribution in [2.75, 3.05) is 18.5 Å². The summed E-state index contributed by atoms with van der Waals surface area (Å²) >= 11 is 2.99. The average molecular weight is 626 g/mol. The molecule has 1 aliphatic rings. The van der Waals surface area contributed by atoms with E-state index >= 15 is 0 Å². The van der Waals surface area contributed by atoms with Crippen molar-refractivity contribution in [1.82, 2.24) is 5.32 Å². The highest BCUT2D eigenvalue weighted by atomic mass is 79.9. The summed E-state index contributed by atoms with van der Waals surface area (Å²) in [4.78, 5) is 85.3. The van der Waals surface area contributed by atoms with Crippen LogP contribution in [0.1, 0.15) is 48.0 Å². The third-order valence-electron chi connectivity index (χ3n) is 4.97. The second-order valence-electron chi connectivity index (χ2n) is 8.25. The van der Waals surface area contributed by atoms with Crippen LogP contribution in [0.4, 0.5) is 0 Å². The largest absolute Gasteiger partial charge is 0.462 e. The molecule has 15 nitrogen and oxygen atoms in total. The molecule has 1 unspecified atom stereocenters. The van der Waals surface area contributed by atoms with Crippen LogP contribution in [0.15, 0.2) is 0 Å². The number of hydrogen-bond acceptors (Lipinski definition) is 14. The van der Waals surface area contributed by atoms with Gasteiger partial charge in [0.1, 0.15) is 18.8 Å². The number of ether oxygens (including phenoxy) is 7. The quantitative estimate of drug-likeness (QED) is 0.170. The first-order chi connectivity index (χ1) is 18.1. The maximum Gasteiger partial charge on any atom is 0.379 e. The summed E-state index contributed by atoms with van der Waals surface area (Å²) < 4.78 is 37.2. The molecule has 220 valence electrons. The minimum absolute atomic E-state index is 0.173. The van der Waals surface area contributed by atoms with Gasteiger partial charge in [-0.2, -0.15) is 0 Å². The van der Waals surface area contributed by atoms with Gasteiger partial charge in [0.05, 0.1) is 24.4 Å². The Bertz CT molecular complexity index is 955. The summed E-state index contributed by atoms with van der Waals surface area (Å²) in [6, 6.07) is -1.38. The predicted octanol–water partition coefficient (Wildman–Crippen LogP) is -0.164. The number of hydrogen-bond donors (Lipinski definition) is 1. The molecule has 0 aromatic carbocycles. The Morgan fingerprint density at radius 3 is 1.97 bits per heavy atom. The maximum absolute atomic E-state index is 13.1. The third-order valence-corrected chi connectivity index (χ3v) is 5.48. The minimum atomic E-state index is -2.55. The van der Waals surface area contributed by atoms with Crippen molar-refractivity contribution < 1.29 is 66.7 Å². The van der Waals surface area contributed by atoms with Gasteiger partial charge in [0.15, 0.2) is 12.2 Å². The number of alkyl halides is 1. The lowest BCUT2D eigenvalue weighted by atomic mass is 9.88. The number of esters is 6. The van der Waals surface area contributed by atoms with Crippen LogP contribution in [-0.2, 0) is 66.7 Å². The van der Waals surface area contributed by atoms with E-state index in [1.54, 1.807) is 0 Å². The van der Waals surface area contributed by atoms with Crippen LogP contribution in [0.25, 0.3) is 0 Å². The zero-order chi connectivity index (χ0) is 29.9. The topological polar surface area (TPSA) is 196 Å².